The molecule has 1 aromatic carbocycles. The highest BCUT2D eigenvalue weighted by Gasteiger charge is 2.53. The van der Waals surface area contributed by atoms with Gasteiger partial charge in [-0.1, -0.05) is 44.2 Å². The Morgan fingerprint density at radius 2 is 1.55 bits per heavy atom. The number of carboxylic acid groups (broad SMARTS) is 2. The first-order chi connectivity index (χ1) is 9.41. The van der Waals surface area contributed by atoms with Crippen molar-refractivity contribution in [3.63, 3.8) is 0 Å². The number of carbonyl (C=O) groups excluding carboxylic acids is 1. The Kier molecular flexibility index (Phi) is 5.02. The van der Waals surface area contributed by atoms with Crippen LogP contribution in [0.1, 0.15) is 38.2 Å². The summed E-state index contributed by atoms with van der Waals surface area (Å²) in [6.07, 6.45) is 0.0744. The summed E-state index contributed by atoms with van der Waals surface area (Å²) in [6.45, 7) is 3.14. The van der Waals surface area contributed by atoms with E-state index in [1.54, 1.807) is 37.3 Å². The fraction of sp³-hybridized carbons (Fsp3) is 0.400. The van der Waals surface area contributed by atoms with Gasteiger partial charge in [-0.15, -0.1) is 0 Å². The number of hydrogen-bond acceptors (Lipinski definition) is 3. The molecule has 0 aliphatic rings. The summed E-state index contributed by atoms with van der Waals surface area (Å²) >= 11 is 0. The van der Waals surface area contributed by atoms with Gasteiger partial charge in [0.05, 0.1) is 0 Å². The van der Waals surface area contributed by atoms with Crippen molar-refractivity contribution in [1.82, 2.24) is 0 Å². The van der Waals surface area contributed by atoms with Crippen LogP contribution in [-0.2, 0) is 14.4 Å². The lowest BCUT2D eigenvalue weighted by Crippen LogP contribution is -2.48. The van der Waals surface area contributed by atoms with E-state index in [9.17, 15) is 24.6 Å². The predicted molar refractivity (Wildman–Crippen MR) is 72.5 cm³/mol. The van der Waals surface area contributed by atoms with Gasteiger partial charge in [-0.3, -0.25) is 14.4 Å². The number of carbonyl (C=O) groups is 3. The normalized spacial score (nSPS) is 12.7. The molecular formula is C15H18O5. The predicted octanol–water partition coefficient (Wildman–Crippen LogP) is 2.31. The van der Waals surface area contributed by atoms with E-state index < -0.39 is 29.1 Å². The van der Waals surface area contributed by atoms with Gasteiger partial charge < -0.3 is 10.2 Å². The number of hydrogen-bond donors (Lipinski definition) is 2. The molecule has 0 amide bonds. The Morgan fingerprint density at radius 1 is 1.05 bits per heavy atom. The third kappa shape index (κ3) is 2.57. The van der Waals surface area contributed by atoms with Crippen molar-refractivity contribution in [2.75, 3.05) is 0 Å². The summed E-state index contributed by atoms with van der Waals surface area (Å²) in [5.74, 6) is -4.71. The van der Waals surface area contributed by atoms with E-state index >= 15 is 0 Å². The van der Waals surface area contributed by atoms with Gasteiger partial charge in [-0.05, 0) is 18.4 Å². The number of carboxylic acids is 2. The van der Waals surface area contributed by atoms with Crippen LogP contribution in [0.5, 0.6) is 0 Å². The highest BCUT2D eigenvalue weighted by atomic mass is 16.4. The minimum atomic E-state index is -2.38. The molecular weight excluding hydrogens is 260 g/mol. The monoisotopic (exact) mass is 278 g/mol. The van der Waals surface area contributed by atoms with Crippen molar-refractivity contribution in [2.24, 2.45) is 5.41 Å². The Labute approximate surface area is 117 Å². The minimum absolute atomic E-state index is 0.278. The van der Waals surface area contributed by atoms with Crippen molar-refractivity contribution in [3.05, 3.63) is 35.9 Å². The number of benzene rings is 1. The maximum absolute atomic E-state index is 12.5. The Hall–Kier alpha value is -2.17. The second-order valence-electron chi connectivity index (χ2n) is 4.60. The van der Waals surface area contributed by atoms with E-state index in [0.29, 0.717) is 12.0 Å². The SMILES string of the molecule is CCC(C(=O)C(CC)(C(=O)O)C(=O)O)c1ccccc1. The maximum Gasteiger partial charge on any atom is 0.328 e. The van der Waals surface area contributed by atoms with E-state index in [1.165, 1.54) is 6.92 Å². The topological polar surface area (TPSA) is 91.7 Å². The molecule has 0 fully saturated rings. The molecule has 0 aliphatic heterocycles. The van der Waals surface area contributed by atoms with Gasteiger partial charge in [0.15, 0.2) is 5.78 Å². The molecule has 20 heavy (non-hydrogen) atoms. The molecule has 0 spiro atoms. The standard InChI is InChI=1S/C15H18O5/c1-3-11(10-8-6-5-7-9-10)12(16)15(4-2,13(17)18)14(19)20/h5-9,11H,3-4H2,1-2H3,(H,17,18)(H,19,20). The molecule has 0 saturated carbocycles. The molecule has 0 saturated heterocycles. The number of Topliss-reactive ketones (excluding diaryl/α,β-unsaturated/α-hetero) is 1. The Morgan fingerprint density at radius 3 is 1.90 bits per heavy atom. The summed E-state index contributed by atoms with van der Waals surface area (Å²) in [4.78, 5) is 35.3. The molecule has 1 aromatic rings. The average molecular weight is 278 g/mol. The molecule has 0 aromatic heterocycles. The lowest BCUT2D eigenvalue weighted by molar-refractivity contribution is -0.169. The lowest BCUT2D eigenvalue weighted by atomic mass is 9.73. The minimum Gasteiger partial charge on any atom is -0.480 e. The largest absolute Gasteiger partial charge is 0.480 e. The Bertz CT molecular complexity index is 492. The highest BCUT2D eigenvalue weighted by Crippen LogP contribution is 2.34. The summed E-state index contributed by atoms with van der Waals surface area (Å²) in [6, 6.07) is 8.66. The maximum atomic E-state index is 12.5. The smallest absolute Gasteiger partial charge is 0.328 e. The molecule has 1 atom stereocenters. The molecule has 1 unspecified atom stereocenters. The van der Waals surface area contributed by atoms with Crippen LogP contribution in [0.3, 0.4) is 0 Å². The molecule has 0 bridgehead atoms. The molecule has 0 aliphatic carbocycles. The van der Waals surface area contributed by atoms with Crippen molar-refractivity contribution in [1.29, 1.82) is 0 Å². The van der Waals surface area contributed by atoms with Crippen molar-refractivity contribution < 1.29 is 24.6 Å². The van der Waals surface area contributed by atoms with Crippen LogP contribution in [0.15, 0.2) is 30.3 Å². The van der Waals surface area contributed by atoms with Gasteiger partial charge >= 0.3 is 11.9 Å². The molecule has 5 heteroatoms. The van der Waals surface area contributed by atoms with E-state index in [2.05, 4.69) is 0 Å². The van der Waals surface area contributed by atoms with Crippen molar-refractivity contribution in [3.8, 4) is 0 Å². The molecule has 108 valence electrons. The molecule has 0 radical (unpaired) electrons. The zero-order valence-electron chi connectivity index (χ0n) is 11.5. The van der Waals surface area contributed by atoms with E-state index in [1.807, 2.05) is 0 Å². The summed E-state index contributed by atoms with van der Waals surface area (Å²) in [5.41, 5.74) is -1.74. The van der Waals surface area contributed by atoms with Crippen LogP contribution in [0, 0.1) is 5.41 Å². The van der Waals surface area contributed by atoms with Crippen LogP contribution in [-0.4, -0.2) is 27.9 Å². The van der Waals surface area contributed by atoms with Crippen molar-refractivity contribution >= 4 is 17.7 Å². The van der Waals surface area contributed by atoms with Gasteiger partial charge in [0.2, 0.25) is 5.41 Å². The first-order valence-electron chi connectivity index (χ1n) is 6.47. The molecule has 5 nitrogen and oxygen atoms in total. The fourth-order valence-electron chi connectivity index (χ4n) is 2.33. The van der Waals surface area contributed by atoms with Crippen LogP contribution < -0.4 is 0 Å². The third-order valence-corrected chi connectivity index (χ3v) is 3.61. The van der Waals surface area contributed by atoms with E-state index in [4.69, 9.17) is 0 Å². The van der Waals surface area contributed by atoms with Crippen LogP contribution >= 0.6 is 0 Å². The summed E-state index contributed by atoms with van der Waals surface area (Å²) in [7, 11) is 0. The van der Waals surface area contributed by atoms with E-state index in [-0.39, 0.29) is 6.42 Å². The third-order valence-electron chi connectivity index (χ3n) is 3.61. The highest BCUT2D eigenvalue weighted by molar-refractivity contribution is 6.20. The second kappa shape index (κ2) is 6.32. The number of rotatable bonds is 7. The number of aliphatic carboxylic acids is 2. The zero-order chi connectivity index (χ0) is 15.3. The van der Waals surface area contributed by atoms with Gasteiger partial charge in [-0.2, -0.15) is 0 Å². The van der Waals surface area contributed by atoms with E-state index in [0.717, 1.165) is 0 Å². The Balaban J connectivity index is 3.30. The van der Waals surface area contributed by atoms with Gasteiger partial charge in [0.25, 0.3) is 0 Å². The number of ketones is 1. The molecule has 1 rings (SSSR count). The first-order valence-corrected chi connectivity index (χ1v) is 6.47. The quantitative estimate of drug-likeness (QED) is 0.747. The van der Waals surface area contributed by atoms with Crippen molar-refractivity contribution in [2.45, 2.75) is 32.6 Å². The molecule has 0 heterocycles. The summed E-state index contributed by atoms with van der Waals surface area (Å²) in [5, 5.41) is 18.5. The fourth-order valence-corrected chi connectivity index (χ4v) is 2.33. The average Bonchev–Trinajstić information content (AvgIpc) is 2.41. The first kappa shape index (κ1) is 15.9. The zero-order valence-corrected chi connectivity index (χ0v) is 11.5. The van der Waals surface area contributed by atoms with Crippen LogP contribution in [0.4, 0.5) is 0 Å². The summed E-state index contributed by atoms with van der Waals surface area (Å²) < 4.78 is 0. The molecule has 2 N–H and O–H groups in total. The van der Waals surface area contributed by atoms with Gasteiger partial charge in [0.1, 0.15) is 0 Å². The van der Waals surface area contributed by atoms with Crippen LogP contribution in [0.25, 0.3) is 0 Å². The van der Waals surface area contributed by atoms with Crippen LogP contribution in [0.2, 0.25) is 0 Å². The van der Waals surface area contributed by atoms with Gasteiger partial charge in [0, 0.05) is 5.92 Å². The van der Waals surface area contributed by atoms with Gasteiger partial charge in [-0.25, -0.2) is 0 Å². The lowest BCUT2D eigenvalue weighted by Gasteiger charge is -2.26. The second-order valence-corrected chi connectivity index (χ2v) is 4.60.